The van der Waals surface area contributed by atoms with Gasteiger partial charge in [-0.15, -0.1) is 0 Å². The highest BCUT2D eigenvalue weighted by atomic mass is 16.6. The van der Waals surface area contributed by atoms with Crippen molar-refractivity contribution in [2.24, 2.45) is 0 Å². The molecule has 0 unspecified atom stereocenters. The van der Waals surface area contributed by atoms with Crippen LogP contribution in [0, 0.1) is 0 Å². The molecule has 1 saturated heterocycles. The zero-order valence-electron chi connectivity index (χ0n) is 19.6. The smallest absolute Gasteiger partial charge is 0.359 e. The second-order valence-corrected chi connectivity index (χ2v) is 8.08. The Morgan fingerprint density at radius 2 is 1.57 bits per heavy atom. The average Bonchev–Trinajstić information content (AvgIpc) is 3.52. The van der Waals surface area contributed by atoms with Gasteiger partial charge in [-0.05, 0) is 11.1 Å². The first kappa shape index (κ1) is 24.6. The lowest BCUT2D eigenvalue weighted by Gasteiger charge is -2.19. The maximum Gasteiger partial charge on any atom is 0.359 e. The van der Waals surface area contributed by atoms with Crippen molar-refractivity contribution < 1.29 is 33.3 Å². The number of hydrogen-bond acceptors (Lipinski definition) is 8. The first-order valence-corrected chi connectivity index (χ1v) is 11.3. The van der Waals surface area contributed by atoms with Crippen LogP contribution in [0.15, 0.2) is 60.7 Å². The van der Waals surface area contributed by atoms with Crippen LogP contribution in [0.2, 0.25) is 0 Å². The number of esters is 2. The normalized spacial score (nSPS) is 19.4. The quantitative estimate of drug-likeness (QED) is 0.439. The Morgan fingerprint density at radius 1 is 0.943 bits per heavy atom. The summed E-state index contributed by atoms with van der Waals surface area (Å²) in [4.78, 5) is 24.6. The van der Waals surface area contributed by atoms with Crippen LogP contribution < -0.4 is 0 Å². The average molecular weight is 481 g/mol. The van der Waals surface area contributed by atoms with Crippen LogP contribution in [0.3, 0.4) is 0 Å². The summed E-state index contributed by atoms with van der Waals surface area (Å²) in [5.41, 5.74) is 2.27. The summed E-state index contributed by atoms with van der Waals surface area (Å²) in [5.74, 6) is -1.45. The van der Waals surface area contributed by atoms with Gasteiger partial charge in [-0.25, -0.2) is 9.59 Å². The highest BCUT2D eigenvalue weighted by molar-refractivity contribution is 6.02. The molecule has 1 aliphatic heterocycles. The molecule has 9 heteroatoms. The zero-order valence-corrected chi connectivity index (χ0v) is 19.6. The second-order valence-electron chi connectivity index (χ2n) is 8.08. The molecule has 0 saturated carbocycles. The SMILES string of the molecule is COC(=O)c1n[nH]c([C@H]2C[C@H](OCc3ccccc3)[C@@H](COCc3ccccc3)O2)c1C(=O)OC. The molecule has 1 aromatic heterocycles. The minimum Gasteiger partial charge on any atom is -0.465 e. The van der Waals surface area contributed by atoms with E-state index in [-0.39, 0.29) is 24.0 Å². The van der Waals surface area contributed by atoms with Gasteiger partial charge >= 0.3 is 11.9 Å². The number of benzene rings is 2. The van der Waals surface area contributed by atoms with Crippen LogP contribution in [0.1, 0.15) is 50.2 Å². The van der Waals surface area contributed by atoms with Crippen LogP contribution in [-0.2, 0) is 36.9 Å². The van der Waals surface area contributed by atoms with Crippen molar-refractivity contribution >= 4 is 11.9 Å². The number of nitrogens with zero attached hydrogens (tertiary/aromatic N) is 1. The number of aromatic nitrogens is 2. The minimum atomic E-state index is -0.745. The fraction of sp³-hybridized carbons (Fsp3) is 0.346. The summed E-state index contributed by atoms with van der Waals surface area (Å²) in [6.45, 7) is 1.12. The highest BCUT2D eigenvalue weighted by Crippen LogP contribution is 2.37. The predicted molar refractivity (Wildman–Crippen MR) is 125 cm³/mol. The molecule has 1 N–H and O–H groups in total. The summed E-state index contributed by atoms with van der Waals surface area (Å²) in [6, 6.07) is 19.7. The van der Waals surface area contributed by atoms with Gasteiger partial charge in [0.1, 0.15) is 17.8 Å². The minimum absolute atomic E-state index is 0.00277. The van der Waals surface area contributed by atoms with E-state index in [4.69, 9.17) is 23.7 Å². The standard InChI is InChI=1S/C26H28N2O7/c1-31-25(29)22-23(27-28-24(22)26(30)32-2)20-13-19(34-15-18-11-7-4-8-12-18)21(35-20)16-33-14-17-9-5-3-6-10-17/h3-12,19-21H,13-16H2,1-2H3,(H,27,28)/t19-,20+,21+/m0/s1. The zero-order chi connectivity index (χ0) is 24.6. The molecule has 35 heavy (non-hydrogen) atoms. The van der Waals surface area contributed by atoms with Gasteiger partial charge in [0, 0.05) is 6.42 Å². The molecule has 9 nitrogen and oxygen atoms in total. The number of rotatable bonds is 10. The molecule has 0 bridgehead atoms. The topological polar surface area (TPSA) is 109 Å². The molecular formula is C26H28N2O7. The van der Waals surface area contributed by atoms with E-state index in [2.05, 4.69) is 10.2 Å². The molecule has 3 aromatic rings. The number of carbonyl (C=O) groups excluding carboxylic acids is 2. The van der Waals surface area contributed by atoms with E-state index in [0.29, 0.717) is 25.3 Å². The number of methoxy groups -OCH3 is 2. The van der Waals surface area contributed by atoms with Crippen LogP contribution in [0.5, 0.6) is 0 Å². The van der Waals surface area contributed by atoms with Gasteiger partial charge in [-0.2, -0.15) is 5.10 Å². The lowest BCUT2D eigenvalue weighted by atomic mass is 10.0. The third kappa shape index (κ3) is 5.94. The lowest BCUT2D eigenvalue weighted by molar-refractivity contribution is -0.0721. The van der Waals surface area contributed by atoms with Crippen molar-refractivity contribution in [3.63, 3.8) is 0 Å². The van der Waals surface area contributed by atoms with Gasteiger partial charge in [0.15, 0.2) is 5.69 Å². The maximum atomic E-state index is 12.5. The molecule has 0 aliphatic carbocycles. The van der Waals surface area contributed by atoms with E-state index in [0.717, 1.165) is 11.1 Å². The van der Waals surface area contributed by atoms with Crippen molar-refractivity contribution in [3.8, 4) is 0 Å². The van der Waals surface area contributed by atoms with E-state index in [1.54, 1.807) is 0 Å². The van der Waals surface area contributed by atoms with Gasteiger partial charge in [-0.1, -0.05) is 60.7 Å². The van der Waals surface area contributed by atoms with Crippen molar-refractivity contribution in [1.29, 1.82) is 0 Å². The van der Waals surface area contributed by atoms with E-state index in [1.807, 2.05) is 60.7 Å². The third-order valence-electron chi connectivity index (χ3n) is 5.79. The maximum absolute atomic E-state index is 12.5. The van der Waals surface area contributed by atoms with E-state index in [9.17, 15) is 9.59 Å². The molecule has 3 atom stereocenters. The Balaban J connectivity index is 1.51. The molecule has 0 spiro atoms. The van der Waals surface area contributed by atoms with Gasteiger partial charge in [0.05, 0.1) is 45.8 Å². The molecule has 4 rings (SSSR count). The Kier molecular flexibility index (Phi) is 8.25. The first-order valence-electron chi connectivity index (χ1n) is 11.3. The summed E-state index contributed by atoms with van der Waals surface area (Å²) in [5, 5.41) is 6.76. The van der Waals surface area contributed by atoms with Gasteiger partial charge in [0.25, 0.3) is 0 Å². The van der Waals surface area contributed by atoms with Crippen LogP contribution in [-0.4, -0.2) is 55.2 Å². The number of carbonyl (C=O) groups is 2. The van der Waals surface area contributed by atoms with Crippen molar-refractivity contribution in [3.05, 3.63) is 88.7 Å². The van der Waals surface area contributed by atoms with Gasteiger partial charge < -0.3 is 23.7 Å². The molecule has 0 radical (unpaired) electrons. The Labute approximate surface area is 203 Å². The summed E-state index contributed by atoms with van der Waals surface area (Å²) >= 11 is 0. The lowest BCUT2D eigenvalue weighted by Crippen LogP contribution is -2.29. The van der Waals surface area contributed by atoms with Crippen LogP contribution >= 0.6 is 0 Å². The van der Waals surface area contributed by atoms with Gasteiger partial charge in [0.2, 0.25) is 0 Å². The third-order valence-corrected chi connectivity index (χ3v) is 5.79. The fourth-order valence-corrected chi connectivity index (χ4v) is 4.01. The number of hydrogen-bond donors (Lipinski definition) is 1. The number of H-pyrrole nitrogens is 1. The molecule has 1 aliphatic rings. The monoisotopic (exact) mass is 480 g/mol. The summed E-state index contributed by atoms with van der Waals surface area (Å²) in [6.07, 6.45) is -0.866. The molecule has 184 valence electrons. The van der Waals surface area contributed by atoms with Gasteiger partial charge in [-0.3, -0.25) is 5.10 Å². The van der Waals surface area contributed by atoms with Crippen molar-refractivity contribution in [2.75, 3.05) is 20.8 Å². The second kappa shape index (κ2) is 11.7. The molecule has 1 fully saturated rings. The number of nitrogens with one attached hydrogen (secondary N) is 1. The van der Waals surface area contributed by atoms with Crippen molar-refractivity contribution in [1.82, 2.24) is 10.2 Å². The largest absolute Gasteiger partial charge is 0.465 e. The highest BCUT2D eigenvalue weighted by Gasteiger charge is 2.41. The first-order chi connectivity index (χ1) is 17.1. The van der Waals surface area contributed by atoms with E-state index >= 15 is 0 Å². The van der Waals surface area contributed by atoms with E-state index < -0.39 is 24.1 Å². The molecule has 2 aromatic carbocycles. The van der Waals surface area contributed by atoms with Crippen LogP contribution in [0.25, 0.3) is 0 Å². The molecule has 2 heterocycles. The Morgan fingerprint density at radius 3 is 2.20 bits per heavy atom. The van der Waals surface area contributed by atoms with E-state index in [1.165, 1.54) is 14.2 Å². The molecular weight excluding hydrogens is 452 g/mol. The molecule has 0 amide bonds. The van der Waals surface area contributed by atoms with Crippen LogP contribution in [0.4, 0.5) is 0 Å². The Hall–Kier alpha value is -3.53. The number of ether oxygens (including phenoxy) is 5. The van der Waals surface area contributed by atoms with Crippen molar-refractivity contribution in [2.45, 2.75) is 37.9 Å². The fourth-order valence-electron chi connectivity index (χ4n) is 4.01. The summed E-state index contributed by atoms with van der Waals surface area (Å²) < 4.78 is 28.1. The number of aromatic amines is 1. The predicted octanol–water partition coefficient (Wildman–Crippen LogP) is 3.62. The summed E-state index contributed by atoms with van der Waals surface area (Å²) in [7, 11) is 2.46. The Bertz CT molecular complexity index is 1120.